The van der Waals surface area contributed by atoms with Crippen molar-refractivity contribution in [2.45, 2.75) is 19.4 Å². The molecule has 0 N–H and O–H groups in total. The second kappa shape index (κ2) is 9.80. The van der Waals surface area contributed by atoms with Crippen LogP contribution in [0.15, 0.2) is 42.5 Å². The molecule has 28 heavy (non-hydrogen) atoms. The number of benzene rings is 2. The van der Waals surface area contributed by atoms with Crippen LogP contribution in [0.5, 0.6) is 5.75 Å². The highest BCUT2D eigenvalue weighted by Crippen LogP contribution is 2.25. The fourth-order valence-electron chi connectivity index (χ4n) is 3.30. The first-order valence-electron chi connectivity index (χ1n) is 9.55. The van der Waals surface area contributed by atoms with E-state index in [9.17, 15) is 4.79 Å². The number of halogens is 1. The van der Waals surface area contributed by atoms with Gasteiger partial charge in [0.05, 0.1) is 25.3 Å². The van der Waals surface area contributed by atoms with Gasteiger partial charge in [-0.2, -0.15) is 0 Å². The summed E-state index contributed by atoms with van der Waals surface area (Å²) in [5, 5.41) is 0.571. The van der Waals surface area contributed by atoms with Crippen molar-refractivity contribution in [1.29, 1.82) is 0 Å². The number of carbonyl (C=O) groups excluding carboxylic acids is 1. The molecule has 1 aliphatic heterocycles. The van der Waals surface area contributed by atoms with Gasteiger partial charge in [-0.05, 0) is 41.8 Å². The Morgan fingerprint density at radius 2 is 1.82 bits per heavy atom. The van der Waals surface area contributed by atoms with E-state index in [4.69, 9.17) is 21.1 Å². The molecular weight excluding hydrogens is 376 g/mol. The lowest BCUT2D eigenvalue weighted by Gasteiger charge is -2.29. The van der Waals surface area contributed by atoms with Gasteiger partial charge in [-0.3, -0.25) is 4.79 Å². The van der Waals surface area contributed by atoms with Crippen LogP contribution in [0.2, 0.25) is 5.02 Å². The predicted octanol–water partition coefficient (Wildman–Crippen LogP) is 3.78. The maximum Gasteiger partial charge on any atom is 0.222 e. The topological polar surface area (TPSA) is 42.0 Å². The molecule has 1 aliphatic rings. The maximum atomic E-state index is 12.5. The van der Waals surface area contributed by atoms with Crippen LogP contribution in [0.1, 0.15) is 17.5 Å². The Balaban J connectivity index is 1.50. The lowest BCUT2D eigenvalue weighted by atomic mass is 10.1. The molecule has 0 aliphatic carbocycles. The summed E-state index contributed by atoms with van der Waals surface area (Å²) in [6, 6.07) is 14.1. The Kier molecular flexibility index (Phi) is 7.18. The van der Waals surface area contributed by atoms with Gasteiger partial charge in [-0.15, -0.1) is 0 Å². The number of methoxy groups -OCH3 is 1. The van der Waals surface area contributed by atoms with E-state index >= 15 is 0 Å². The average Bonchev–Trinajstić information content (AvgIpc) is 2.73. The first-order valence-corrected chi connectivity index (χ1v) is 9.92. The number of hydrogen-bond acceptors (Lipinski definition) is 4. The highest BCUT2D eigenvalue weighted by Gasteiger charge is 2.13. The molecule has 150 valence electrons. The van der Waals surface area contributed by atoms with E-state index in [2.05, 4.69) is 29.2 Å². The first kappa shape index (κ1) is 20.5. The number of rotatable bonds is 7. The van der Waals surface area contributed by atoms with Gasteiger partial charge in [-0.1, -0.05) is 29.8 Å². The van der Waals surface area contributed by atoms with Crippen molar-refractivity contribution in [3.05, 3.63) is 58.6 Å². The van der Waals surface area contributed by atoms with Gasteiger partial charge in [0, 0.05) is 38.8 Å². The van der Waals surface area contributed by atoms with Crippen molar-refractivity contribution in [3.8, 4) is 5.75 Å². The summed E-state index contributed by atoms with van der Waals surface area (Å²) in [7, 11) is 3.44. The molecule has 1 heterocycles. The van der Waals surface area contributed by atoms with Crippen LogP contribution in [-0.2, 0) is 22.5 Å². The van der Waals surface area contributed by atoms with Crippen molar-refractivity contribution < 1.29 is 14.3 Å². The van der Waals surface area contributed by atoms with Gasteiger partial charge in [0.25, 0.3) is 0 Å². The molecule has 1 amide bonds. The largest absolute Gasteiger partial charge is 0.495 e. The molecular formula is C22H27ClN2O3. The fourth-order valence-corrected chi connectivity index (χ4v) is 3.58. The zero-order valence-electron chi connectivity index (χ0n) is 16.5. The monoisotopic (exact) mass is 402 g/mol. The van der Waals surface area contributed by atoms with Gasteiger partial charge in [-0.25, -0.2) is 0 Å². The van der Waals surface area contributed by atoms with Crippen LogP contribution in [0.25, 0.3) is 0 Å². The summed E-state index contributed by atoms with van der Waals surface area (Å²) in [5.41, 5.74) is 3.36. The quantitative estimate of drug-likeness (QED) is 0.706. The number of ether oxygens (including phenoxy) is 2. The van der Waals surface area contributed by atoms with Crippen LogP contribution < -0.4 is 9.64 Å². The van der Waals surface area contributed by atoms with Crippen LogP contribution in [0.4, 0.5) is 5.69 Å². The summed E-state index contributed by atoms with van der Waals surface area (Å²) in [4.78, 5) is 16.6. The van der Waals surface area contributed by atoms with E-state index in [1.54, 1.807) is 12.0 Å². The minimum Gasteiger partial charge on any atom is -0.495 e. The number of anilines is 1. The van der Waals surface area contributed by atoms with Crippen molar-refractivity contribution in [1.82, 2.24) is 4.90 Å². The Labute approximate surface area is 171 Å². The number of aryl methyl sites for hydroxylation is 1. The smallest absolute Gasteiger partial charge is 0.222 e. The molecule has 0 radical (unpaired) electrons. The summed E-state index contributed by atoms with van der Waals surface area (Å²) in [6.45, 7) is 4.00. The molecule has 0 saturated carbocycles. The number of hydrogen-bond donors (Lipinski definition) is 0. The second-order valence-corrected chi connectivity index (χ2v) is 7.39. The standard InChI is InChI=1S/C22H27ClN2O3/c1-24(22(26)10-6-17-5-9-21(27-2)20(23)15-17)16-18-3-7-19(8-4-18)25-11-13-28-14-12-25/h3-5,7-9,15H,6,10-14,16H2,1-2H3. The second-order valence-electron chi connectivity index (χ2n) is 6.98. The molecule has 2 aromatic rings. The maximum absolute atomic E-state index is 12.5. The van der Waals surface area contributed by atoms with Crippen molar-refractivity contribution >= 4 is 23.2 Å². The van der Waals surface area contributed by atoms with Crippen LogP contribution in [-0.4, -0.2) is 51.3 Å². The predicted molar refractivity (Wildman–Crippen MR) is 112 cm³/mol. The third kappa shape index (κ3) is 5.40. The van der Waals surface area contributed by atoms with Gasteiger partial charge in [0.15, 0.2) is 0 Å². The molecule has 0 atom stereocenters. The van der Waals surface area contributed by atoms with Crippen LogP contribution >= 0.6 is 11.6 Å². The van der Waals surface area contributed by atoms with E-state index < -0.39 is 0 Å². The minimum atomic E-state index is 0.115. The zero-order chi connectivity index (χ0) is 19.9. The third-order valence-corrected chi connectivity index (χ3v) is 5.30. The Hall–Kier alpha value is -2.24. The molecule has 0 bridgehead atoms. The number of nitrogens with zero attached hydrogens (tertiary/aromatic N) is 2. The molecule has 0 spiro atoms. The Bertz CT molecular complexity index is 789. The summed E-state index contributed by atoms with van der Waals surface area (Å²) in [6.07, 6.45) is 1.11. The SMILES string of the molecule is COc1ccc(CCC(=O)N(C)Cc2ccc(N3CCOCC3)cc2)cc1Cl. The third-order valence-electron chi connectivity index (χ3n) is 5.00. The highest BCUT2D eigenvalue weighted by molar-refractivity contribution is 6.32. The van der Waals surface area contributed by atoms with Crippen LogP contribution in [0, 0.1) is 0 Å². The molecule has 0 aromatic heterocycles. The van der Waals surface area contributed by atoms with Gasteiger partial charge < -0.3 is 19.3 Å². The number of carbonyl (C=O) groups is 1. The molecule has 6 heteroatoms. The molecule has 1 fully saturated rings. The van der Waals surface area contributed by atoms with E-state index in [0.29, 0.717) is 30.2 Å². The van der Waals surface area contributed by atoms with E-state index in [0.717, 1.165) is 37.4 Å². The molecule has 5 nitrogen and oxygen atoms in total. The fraction of sp³-hybridized carbons (Fsp3) is 0.409. The minimum absolute atomic E-state index is 0.115. The number of amides is 1. The summed E-state index contributed by atoms with van der Waals surface area (Å²) < 4.78 is 10.6. The molecule has 3 rings (SSSR count). The normalized spacial score (nSPS) is 14.0. The van der Waals surface area contributed by atoms with E-state index in [1.807, 2.05) is 25.2 Å². The molecule has 1 saturated heterocycles. The van der Waals surface area contributed by atoms with Gasteiger partial charge >= 0.3 is 0 Å². The van der Waals surface area contributed by atoms with Crippen molar-refractivity contribution in [2.24, 2.45) is 0 Å². The van der Waals surface area contributed by atoms with Crippen molar-refractivity contribution in [2.75, 3.05) is 45.4 Å². The summed E-state index contributed by atoms with van der Waals surface area (Å²) in [5.74, 6) is 0.763. The zero-order valence-corrected chi connectivity index (χ0v) is 17.2. The highest BCUT2D eigenvalue weighted by atomic mass is 35.5. The molecule has 2 aromatic carbocycles. The lowest BCUT2D eigenvalue weighted by molar-refractivity contribution is -0.130. The van der Waals surface area contributed by atoms with E-state index in [-0.39, 0.29) is 5.91 Å². The van der Waals surface area contributed by atoms with E-state index in [1.165, 1.54) is 5.69 Å². The Morgan fingerprint density at radius 3 is 2.46 bits per heavy atom. The molecule has 0 unspecified atom stereocenters. The summed E-state index contributed by atoms with van der Waals surface area (Å²) >= 11 is 6.15. The average molecular weight is 403 g/mol. The van der Waals surface area contributed by atoms with Crippen molar-refractivity contribution in [3.63, 3.8) is 0 Å². The number of morpholine rings is 1. The Morgan fingerprint density at radius 1 is 1.14 bits per heavy atom. The van der Waals surface area contributed by atoms with Gasteiger partial charge in [0.1, 0.15) is 5.75 Å². The first-order chi connectivity index (χ1) is 13.6. The van der Waals surface area contributed by atoms with Gasteiger partial charge in [0.2, 0.25) is 5.91 Å². The lowest BCUT2D eigenvalue weighted by Crippen LogP contribution is -2.36. The van der Waals surface area contributed by atoms with Crippen LogP contribution in [0.3, 0.4) is 0 Å².